The number of para-hydroxylation sites is 2. The molecular formula is C27H30N4O. The first-order chi connectivity index (χ1) is 15.6. The second-order valence-corrected chi connectivity index (χ2v) is 8.27. The molecule has 0 aliphatic heterocycles. The maximum atomic E-state index is 13.3. The van der Waals surface area contributed by atoms with Gasteiger partial charge in [0.2, 0.25) is 5.91 Å². The molecule has 0 saturated heterocycles. The molecule has 0 spiro atoms. The van der Waals surface area contributed by atoms with Crippen LogP contribution in [0.2, 0.25) is 0 Å². The van der Waals surface area contributed by atoms with E-state index in [4.69, 9.17) is 4.98 Å². The molecule has 0 bridgehead atoms. The number of likely N-dealkylation sites (N-methyl/N-ethyl adjacent to an activating group) is 1. The molecule has 32 heavy (non-hydrogen) atoms. The molecule has 0 saturated carbocycles. The maximum absolute atomic E-state index is 13.3. The Morgan fingerprint density at radius 2 is 1.50 bits per heavy atom. The fourth-order valence-electron chi connectivity index (χ4n) is 4.05. The second kappa shape index (κ2) is 10.2. The van der Waals surface area contributed by atoms with Gasteiger partial charge in [-0.05, 0) is 37.4 Å². The molecule has 0 radical (unpaired) electrons. The fraction of sp³-hybridized carbons (Fsp3) is 0.259. The summed E-state index contributed by atoms with van der Waals surface area (Å²) in [6, 6.07) is 28.1. The molecule has 1 heterocycles. The lowest BCUT2D eigenvalue weighted by atomic mass is 9.90. The molecule has 0 atom stereocenters. The Labute approximate surface area is 189 Å². The van der Waals surface area contributed by atoms with Crippen molar-refractivity contribution < 1.29 is 4.79 Å². The van der Waals surface area contributed by atoms with Gasteiger partial charge >= 0.3 is 0 Å². The number of hydrogen-bond donors (Lipinski definition) is 1. The number of aromatic nitrogens is 2. The highest BCUT2D eigenvalue weighted by molar-refractivity contribution is 5.87. The molecule has 4 rings (SSSR count). The first-order valence-electron chi connectivity index (χ1n) is 11.1. The fourth-order valence-corrected chi connectivity index (χ4v) is 4.05. The van der Waals surface area contributed by atoms with Gasteiger partial charge in [-0.3, -0.25) is 4.79 Å². The predicted molar refractivity (Wildman–Crippen MR) is 130 cm³/mol. The van der Waals surface area contributed by atoms with Crippen LogP contribution in [0, 0.1) is 0 Å². The number of carbonyl (C=O) groups excluding carboxylic acids is 1. The minimum Gasteiger partial charge on any atom is -0.355 e. The number of nitrogens with one attached hydrogen (secondary N) is 1. The molecule has 164 valence electrons. The molecule has 4 aromatic rings. The van der Waals surface area contributed by atoms with Crippen molar-refractivity contribution in [1.29, 1.82) is 0 Å². The predicted octanol–water partition coefficient (Wildman–Crippen LogP) is 4.09. The van der Waals surface area contributed by atoms with Gasteiger partial charge in [0.05, 0.1) is 17.0 Å². The number of amides is 1. The maximum Gasteiger partial charge on any atom is 0.232 e. The lowest BCUT2D eigenvalue weighted by molar-refractivity contribution is -0.121. The van der Waals surface area contributed by atoms with Gasteiger partial charge in [-0.2, -0.15) is 0 Å². The molecule has 1 N–H and O–H groups in total. The number of nitrogens with zero attached hydrogens (tertiary/aromatic N) is 3. The van der Waals surface area contributed by atoms with Crippen molar-refractivity contribution in [2.75, 3.05) is 27.2 Å². The number of rotatable bonds is 9. The molecule has 5 nitrogen and oxygen atoms in total. The third-order valence-corrected chi connectivity index (χ3v) is 5.68. The van der Waals surface area contributed by atoms with Crippen LogP contribution >= 0.6 is 0 Å². The zero-order valence-electron chi connectivity index (χ0n) is 18.7. The average molecular weight is 427 g/mol. The normalized spacial score (nSPS) is 11.4. The van der Waals surface area contributed by atoms with Crippen molar-refractivity contribution in [3.05, 3.63) is 102 Å². The van der Waals surface area contributed by atoms with Gasteiger partial charge in [0.1, 0.15) is 5.82 Å². The second-order valence-electron chi connectivity index (χ2n) is 8.27. The monoisotopic (exact) mass is 426 g/mol. The van der Waals surface area contributed by atoms with E-state index in [1.54, 1.807) is 0 Å². The van der Waals surface area contributed by atoms with Crippen molar-refractivity contribution in [1.82, 2.24) is 19.8 Å². The van der Waals surface area contributed by atoms with Gasteiger partial charge in [-0.1, -0.05) is 72.8 Å². The molecule has 5 heteroatoms. The van der Waals surface area contributed by atoms with Gasteiger partial charge in [-0.25, -0.2) is 4.98 Å². The number of benzene rings is 3. The highest BCUT2D eigenvalue weighted by atomic mass is 16.1. The summed E-state index contributed by atoms with van der Waals surface area (Å²) in [6.45, 7) is 2.34. The first kappa shape index (κ1) is 21.8. The summed E-state index contributed by atoms with van der Waals surface area (Å²) in [6.07, 6.45) is 0.685. The summed E-state index contributed by atoms with van der Waals surface area (Å²) < 4.78 is 2.27. The molecule has 0 unspecified atom stereocenters. The lowest BCUT2D eigenvalue weighted by Crippen LogP contribution is -2.32. The summed E-state index contributed by atoms with van der Waals surface area (Å²) in [5.74, 6) is 0.688. The van der Waals surface area contributed by atoms with Crippen molar-refractivity contribution >= 4 is 16.9 Å². The van der Waals surface area contributed by atoms with Crippen LogP contribution in [-0.2, 0) is 17.8 Å². The van der Waals surface area contributed by atoms with Crippen LogP contribution < -0.4 is 5.32 Å². The standard InChI is InChI=1S/C27H30N4O/c1-30(2)19-20-31-24-16-10-9-15-23(24)29-25(31)17-18-28-27(32)26(21-11-5-3-6-12-21)22-13-7-4-8-14-22/h3-16,26H,17-20H2,1-2H3,(H,28,32). The van der Waals surface area contributed by atoms with E-state index in [0.29, 0.717) is 13.0 Å². The molecule has 0 fully saturated rings. The minimum absolute atomic E-state index is 0.0124. The SMILES string of the molecule is CN(C)CCn1c(CCNC(=O)C(c2ccccc2)c2ccccc2)nc2ccccc21. The number of fused-ring (bicyclic) bond motifs is 1. The van der Waals surface area contributed by atoms with E-state index >= 15 is 0 Å². The Balaban J connectivity index is 1.50. The zero-order chi connectivity index (χ0) is 22.3. The van der Waals surface area contributed by atoms with Gasteiger partial charge in [-0.15, -0.1) is 0 Å². The van der Waals surface area contributed by atoms with Crippen LogP contribution in [0.25, 0.3) is 11.0 Å². The Hall–Kier alpha value is -3.44. The number of hydrogen-bond acceptors (Lipinski definition) is 3. The summed E-state index contributed by atoms with van der Waals surface area (Å²) in [7, 11) is 4.15. The van der Waals surface area contributed by atoms with E-state index in [9.17, 15) is 4.79 Å². The lowest BCUT2D eigenvalue weighted by Gasteiger charge is -2.18. The van der Waals surface area contributed by atoms with E-state index < -0.39 is 0 Å². The summed E-state index contributed by atoms with van der Waals surface area (Å²) in [5.41, 5.74) is 4.13. The largest absolute Gasteiger partial charge is 0.355 e. The molecule has 0 aliphatic rings. The minimum atomic E-state index is -0.329. The molecule has 3 aromatic carbocycles. The average Bonchev–Trinajstić information content (AvgIpc) is 3.16. The Morgan fingerprint density at radius 3 is 2.12 bits per heavy atom. The number of imidazole rings is 1. The topological polar surface area (TPSA) is 50.2 Å². The van der Waals surface area contributed by atoms with Gasteiger partial charge in [0.25, 0.3) is 0 Å². The van der Waals surface area contributed by atoms with Crippen LogP contribution in [0.3, 0.4) is 0 Å². The van der Waals surface area contributed by atoms with E-state index in [0.717, 1.165) is 41.1 Å². The van der Waals surface area contributed by atoms with E-state index in [1.807, 2.05) is 78.9 Å². The Bertz CT molecular complexity index is 1110. The van der Waals surface area contributed by atoms with E-state index in [2.05, 4.69) is 34.9 Å². The summed E-state index contributed by atoms with van der Waals surface area (Å²) >= 11 is 0. The quantitative estimate of drug-likeness (QED) is 0.439. The Kier molecular flexibility index (Phi) is 6.97. The third-order valence-electron chi connectivity index (χ3n) is 5.68. The highest BCUT2D eigenvalue weighted by Gasteiger charge is 2.22. The van der Waals surface area contributed by atoms with Crippen LogP contribution in [0.15, 0.2) is 84.9 Å². The first-order valence-corrected chi connectivity index (χ1v) is 11.1. The Morgan fingerprint density at radius 1 is 0.906 bits per heavy atom. The molecule has 1 aromatic heterocycles. The number of carbonyl (C=O) groups is 1. The van der Waals surface area contributed by atoms with Crippen molar-refractivity contribution in [2.45, 2.75) is 18.9 Å². The van der Waals surface area contributed by atoms with Gasteiger partial charge in [0.15, 0.2) is 0 Å². The van der Waals surface area contributed by atoms with Gasteiger partial charge in [0, 0.05) is 26.1 Å². The van der Waals surface area contributed by atoms with Crippen LogP contribution in [0.1, 0.15) is 22.9 Å². The highest BCUT2D eigenvalue weighted by Crippen LogP contribution is 2.24. The van der Waals surface area contributed by atoms with E-state index in [1.165, 1.54) is 0 Å². The van der Waals surface area contributed by atoms with Crippen LogP contribution in [-0.4, -0.2) is 47.5 Å². The zero-order valence-corrected chi connectivity index (χ0v) is 18.7. The third kappa shape index (κ3) is 5.06. The summed E-state index contributed by atoms with van der Waals surface area (Å²) in [4.78, 5) is 20.3. The van der Waals surface area contributed by atoms with Crippen LogP contribution in [0.5, 0.6) is 0 Å². The molecule has 0 aliphatic carbocycles. The van der Waals surface area contributed by atoms with Gasteiger partial charge < -0.3 is 14.8 Å². The molecule has 1 amide bonds. The summed E-state index contributed by atoms with van der Waals surface area (Å²) in [5, 5.41) is 3.16. The van der Waals surface area contributed by atoms with Crippen molar-refractivity contribution in [3.63, 3.8) is 0 Å². The smallest absolute Gasteiger partial charge is 0.232 e. The van der Waals surface area contributed by atoms with Crippen molar-refractivity contribution in [3.8, 4) is 0 Å². The van der Waals surface area contributed by atoms with Crippen LogP contribution in [0.4, 0.5) is 0 Å². The molecular weight excluding hydrogens is 396 g/mol. The van der Waals surface area contributed by atoms with E-state index in [-0.39, 0.29) is 11.8 Å². The van der Waals surface area contributed by atoms with Crippen molar-refractivity contribution in [2.24, 2.45) is 0 Å².